The molecule has 1 aromatic carbocycles. The zero-order valence-corrected chi connectivity index (χ0v) is 13.0. The third-order valence-electron chi connectivity index (χ3n) is 3.76. The lowest BCUT2D eigenvalue weighted by Gasteiger charge is -2.18. The molecule has 0 saturated heterocycles. The van der Waals surface area contributed by atoms with Gasteiger partial charge in [-0.2, -0.15) is 0 Å². The average molecular weight is 332 g/mol. The van der Waals surface area contributed by atoms with Gasteiger partial charge in [0.1, 0.15) is 6.04 Å². The van der Waals surface area contributed by atoms with Gasteiger partial charge in [-0.15, -0.1) is 0 Å². The number of nitrogens with two attached hydrogens (primary N) is 2. The maximum atomic E-state index is 12.2. The van der Waals surface area contributed by atoms with E-state index in [0.29, 0.717) is 0 Å². The lowest BCUT2D eigenvalue weighted by molar-refractivity contribution is -0.137. The number of hydrogen-bond acceptors (Lipinski definition) is 4. The van der Waals surface area contributed by atoms with Gasteiger partial charge in [0.05, 0.1) is 6.04 Å². The van der Waals surface area contributed by atoms with Crippen LogP contribution in [0.1, 0.15) is 18.4 Å². The number of primary amides is 1. The topological polar surface area (TPSA) is 151 Å². The van der Waals surface area contributed by atoms with Gasteiger partial charge in [-0.25, -0.2) is 0 Å². The number of para-hydroxylation sites is 1. The summed E-state index contributed by atoms with van der Waals surface area (Å²) in [5.74, 6) is -2.41. The molecule has 2 rings (SSSR count). The smallest absolute Gasteiger partial charge is 0.303 e. The second kappa shape index (κ2) is 7.60. The van der Waals surface area contributed by atoms with Crippen molar-refractivity contribution in [3.63, 3.8) is 0 Å². The zero-order chi connectivity index (χ0) is 17.7. The van der Waals surface area contributed by atoms with Gasteiger partial charge in [-0.3, -0.25) is 14.4 Å². The average Bonchev–Trinajstić information content (AvgIpc) is 2.94. The number of amides is 2. The Morgan fingerprint density at radius 1 is 1.25 bits per heavy atom. The molecule has 1 heterocycles. The van der Waals surface area contributed by atoms with E-state index in [2.05, 4.69) is 10.3 Å². The Bertz CT molecular complexity index is 755. The fraction of sp³-hybridized carbons (Fsp3) is 0.312. The number of rotatable bonds is 8. The number of carboxylic acids is 1. The van der Waals surface area contributed by atoms with Crippen LogP contribution in [0.5, 0.6) is 0 Å². The summed E-state index contributed by atoms with van der Waals surface area (Å²) in [6.45, 7) is 0. The molecule has 24 heavy (non-hydrogen) atoms. The number of nitrogens with one attached hydrogen (secondary N) is 2. The predicted molar refractivity (Wildman–Crippen MR) is 88.0 cm³/mol. The highest BCUT2D eigenvalue weighted by atomic mass is 16.4. The van der Waals surface area contributed by atoms with Crippen LogP contribution in [-0.2, 0) is 20.8 Å². The fourth-order valence-corrected chi connectivity index (χ4v) is 2.46. The number of carbonyl (C=O) groups is 3. The molecule has 0 aliphatic carbocycles. The highest BCUT2D eigenvalue weighted by Crippen LogP contribution is 2.18. The Kier molecular flexibility index (Phi) is 5.54. The molecule has 0 aliphatic rings. The van der Waals surface area contributed by atoms with Crippen LogP contribution in [0.15, 0.2) is 30.5 Å². The highest BCUT2D eigenvalue weighted by Gasteiger charge is 2.23. The van der Waals surface area contributed by atoms with Crippen LogP contribution < -0.4 is 16.8 Å². The van der Waals surface area contributed by atoms with E-state index in [-0.39, 0.29) is 19.3 Å². The summed E-state index contributed by atoms with van der Waals surface area (Å²) in [4.78, 5) is 37.2. The van der Waals surface area contributed by atoms with E-state index < -0.39 is 29.9 Å². The molecule has 0 bridgehead atoms. The maximum absolute atomic E-state index is 12.2. The van der Waals surface area contributed by atoms with Gasteiger partial charge >= 0.3 is 5.97 Å². The number of carboxylic acid groups (broad SMARTS) is 1. The van der Waals surface area contributed by atoms with Crippen LogP contribution in [0.4, 0.5) is 0 Å². The third-order valence-corrected chi connectivity index (χ3v) is 3.76. The van der Waals surface area contributed by atoms with Gasteiger partial charge in [0.15, 0.2) is 0 Å². The Balaban J connectivity index is 2.00. The second-order valence-corrected chi connectivity index (χ2v) is 5.57. The fourth-order valence-electron chi connectivity index (χ4n) is 2.46. The Morgan fingerprint density at radius 3 is 2.62 bits per heavy atom. The summed E-state index contributed by atoms with van der Waals surface area (Å²) in [6, 6.07) is 5.69. The van der Waals surface area contributed by atoms with E-state index >= 15 is 0 Å². The second-order valence-electron chi connectivity index (χ2n) is 5.57. The van der Waals surface area contributed by atoms with Gasteiger partial charge < -0.3 is 26.9 Å². The number of fused-ring (bicyclic) bond motifs is 1. The van der Waals surface area contributed by atoms with Gasteiger partial charge in [0.2, 0.25) is 11.8 Å². The Hall–Kier alpha value is -2.87. The van der Waals surface area contributed by atoms with Crippen molar-refractivity contribution in [2.24, 2.45) is 11.5 Å². The molecule has 128 valence electrons. The number of H-pyrrole nitrogens is 1. The molecule has 2 amide bonds. The largest absolute Gasteiger partial charge is 0.481 e. The van der Waals surface area contributed by atoms with Crippen LogP contribution in [-0.4, -0.2) is 40.0 Å². The molecular weight excluding hydrogens is 312 g/mol. The molecule has 7 N–H and O–H groups in total. The first-order valence-electron chi connectivity index (χ1n) is 7.50. The van der Waals surface area contributed by atoms with Crippen LogP contribution in [0.3, 0.4) is 0 Å². The number of benzene rings is 1. The first kappa shape index (κ1) is 17.5. The van der Waals surface area contributed by atoms with E-state index in [9.17, 15) is 14.4 Å². The molecule has 2 atom stereocenters. The first-order valence-corrected chi connectivity index (χ1v) is 7.50. The standard InChI is InChI=1S/C16H20N4O4/c17-11(7-9-8-19-12-4-2-1-3-10(9)12)16(24)20-13(15(18)23)5-6-14(21)22/h1-4,8,11,13,19H,5-7,17H2,(H2,18,23)(H,20,24)(H,21,22)/t11-,13-/m0/s1. The van der Waals surface area contributed by atoms with Gasteiger partial charge in [-0.05, 0) is 24.5 Å². The summed E-state index contributed by atoms with van der Waals surface area (Å²) in [6.07, 6.45) is 1.72. The van der Waals surface area contributed by atoms with Crippen molar-refractivity contribution >= 4 is 28.7 Å². The molecule has 0 fully saturated rings. The zero-order valence-electron chi connectivity index (χ0n) is 13.0. The van der Waals surface area contributed by atoms with Crippen LogP contribution in [0, 0.1) is 0 Å². The van der Waals surface area contributed by atoms with Gasteiger partial charge in [-0.1, -0.05) is 18.2 Å². The number of aromatic nitrogens is 1. The molecule has 8 heteroatoms. The predicted octanol–water partition coefficient (Wildman–Crippen LogP) is -0.127. The molecule has 1 aromatic heterocycles. The SMILES string of the molecule is NC(=O)[C@H](CCC(=O)O)NC(=O)[C@@H](N)Cc1c[nH]c2ccccc12. The van der Waals surface area contributed by atoms with E-state index in [1.54, 1.807) is 6.20 Å². The number of aromatic amines is 1. The van der Waals surface area contributed by atoms with Crippen LogP contribution in [0.2, 0.25) is 0 Å². The Morgan fingerprint density at radius 2 is 1.96 bits per heavy atom. The van der Waals surface area contributed by atoms with Crippen molar-refractivity contribution in [1.29, 1.82) is 0 Å². The van der Waals surface area contributed by atoms with Crippen molar-refractivity contribution < 1.29 is 19.5 Å². The molecule has 0 saturated carbocycles. The van der Waals surface area contributed by atoms with Crippen molar-refractivity contribution in [1.82, 2.24) is 10.3 Å². The number of carbonyl (C=O) groups excluding carboxylic acids is 2. The maximum Gasteiger partial charge on any atom is 0.303 e. The molecule has 0 radical (unpaired) electrons. The van der Waals surface area contributed by atoms with Crippen molar-refractivity contribution in [3.05, 3.63) is 36.0 Å². The molecule has 2 aromatic rings. The molecule has 0 spiro atoms. The van der Waals surface area contributed by atoms with E-state index in [4.69, 9.17) is 16.6 Å². The van der Waals surface area contributed by atoms with E-state index in [1.165, 1.54) is 0 Å². The monoisotopic (exact) mass is 332 g/mol. The highest BCUT2D eigenvalue weighted by molar-refractivity contribution is 5.90. The van der Waals surface area contributed by atoms with Crippen LogP contribution >= 0.6 is 0 Å². The van der Waals surface area contributed by atoms with E-state index in [1.807, 2.05) is 24.3 Å². The minimum atomic E-state index is -1.07. The van der Waals surface area contributed by atoms with Crippen molar-refractivity contribution in [2.75, 3.05) is 0 Å². The lowest BCUT2D eigenvalue weighted by atomic mass is 10.0. The van der Waals surface area contributed by atoms with Gasteiger partial charge in [0, 0.05) is 23.5 Å². The number of hydrogen-bond donors (Lipinski definition) is 5. The van der Waals surface area contributed by atoms with E-state index in [0.717, 1.165) is 16.5 Å². The minimum Gasteiger partial charge on any atom is -0.481 e. The van der Waals surface area contributed by atoms with Gasteiger partial charge in [0.25, 0.3) is 0 Å². The van der Waals surface area contributed by atoms with Crippen molar-refractivity contribution in [2.45, 2.75) is 31.3 Å². The summed E-state index contributed by atoms with van der Waals surface area (Å²) >= 11 is 0. The summed E-state index contributed by atoms with van der Waals surface area (Å²) in [7, 11) is 0. The number of aliphatic carboxylic acids is 1. The molecule has 0 aliphatic heterocycles. The molecule has 8 nitrogen and oxygen atoms in total. The quantitative estimate of drug-likeness (QED) is 0.456. The lowest BCUT2D eigenvalue weighted by Crippen LogP contribution is -2.51. The molecular formula is C16H20N4O4. The first-order chi connectivity index (χ1) is 11.4. The third kappa shape index (κ3) is 4.32. The minimum absolute atomic E-state index is 0.0732. The normalized spacial score (nSPS) is 13.4. The summed E-state index contributed by atoms with van der Waals surface area (Å²) in [5, 5.41) is 12.1. The summed E-state index contributed by atoms with van der Waals surface area (Å²) in [5.41, 5.74) is 12.9. The Labute approximate surface area is 138 Å². The van der Waals surface area contributed by atoms with Crippen molar-refractivity contribution in [3.8, 4) is 0 Å². The molecule has 0 unspecified atom stereocenters. The van der Waals surface area contributed by atoms with Crippen LogP contribution in [0.25, 0.3) is 10.9 Å². The summed E-state index contributed by atoms with van der Waals surface area (Å²) < 4.78 is 0.